The number of ether oxygens (including phenoxy) is 1. The van der Waals surface area contributed by atoms with Crippen molar-refractivity contribution in [2.24, 2.45) is 0 Å². The number of carbonyl (C=O) groups is 1. The lowest BCUT2D eigenvalue weighted by Gasteiger charge is -2.22. The molecule has 1 aliphatic carbocycles. The second kappa shape index (κ2) is 8.21. The summed E-state index contributed by atoms with van der Waals surface area (Å²) in [6.07, 6.45) is -8.18. The molecule has 29 heavy (non-hydrogen) atoms. The largest absolute Gasteiger partial charge is 0.494 e. The van der Waals surface area contributed by atoms with E-state index in [9.17, 15) is 28.2 Å². The molecule has 0 spiro atoms. The molecule has 6 nitrogen and oxygen atoms in total. The summed E-state index contributed by atoms with van der Waals surface area (Å²) in [6.45, 7) is 0. The van der Waals surface area contributed by atoms with E-state index >= 15 is 0 Å². The van der Waals surface area contributed by atoms with Gasteiger partial charge >= 0.3 is 12.2 Å². The van der Waals surface area contributed by atoms with Gasteiger partial charge in [0.05, 0.1) is 24.9 Å². The smallest absolute Gasteiger partial charge is 0.418 e. The van der Waals surface area contributed by atoms with Gasteiger partial charge in [0.1, 0.15) is 5.75 Å². The van der Waals surface area contributed by atoms with Gasteiger partial charge in [0.15, 0.2) is 6.10 Å². The highest BCUT2D eigenvalue weighted by Crippen LogP contribution is 2.42. The topological polar surface area (TPSA) is 90.8 Å². The number of aliphatic hydroxyl groups is 2. The number of nitrogens with one attached hydrogen (secondary N) is 2. The minimum absolute atomic E-state index is 0.0670. The van der Waals surface area contributed by atoms with Crippen molar-refractivity contribution in [2.75, 3.05) is 12.4 Å². The number of fused-ring (bicyclic) bond motifs is 1. The van der Waals surface area contributed by atoms with Crippen molar-refractivity contribution < 1.29 is 32.9 Å². The molecule has 156 valence electrons. The van der Waals surface area contributed by atoms with Crippen LogP contribution in [-0.2, 0) is 6.42 Å². The highest BCUT2D eigenvalue weighted by atomic mass is 79.9. The monoisotopic (exact) mass is 474 g/mol. The van der Waals surface area contributed by atoms with Crippen molar-refractivity contribution >= 4 is 27.6 Å². The van der Waals surface area contributed by atoms with Crippen LogP contribution in [-0.4, -0.2) is 35.6 Å². The maximum atomic E-state index is 13.0. The first-order chi connectivity index (χ1) is 13.6. The lowest BCUT2D eigenvalue weighted by Crippen LogP contribution is -2.40. The number of rotatable bonds is 4. The summed E-state index contributed by atoms with van der Waals surface area (Å²) in [4.78, 5) is 12.4. The van der Waals surface area contributed by atoms with Crippen LogP contribution in [0.3, 0.4) is 0 Å². The molecule has 0 aromatic heterocycles. The van der Waals surface area contributed by atoms with Gasteiger partial charge < -0.3 is 25.6 Å². The molecular formula is C19H18BrF3N2O4. The Balaban J connectivity index is 1.80. The number of urea groups is 1. The van der Waals surface area contributed by atoms with Crippen LogP contribution in [0.4, 0.5) is 23.7 Å². The van der Waals surface area contributed by atoms with Crippen LogP contribution >= 0.6 is 15.9 Å². The number of benzene rings is 2. The second-order valence-corrected chi connectivity index (χ2v) is 7.49. The maximum absolute atomic E-state index is 13.0. The summed E-state index contributed by atoms with van der Waals surface area (Å²) in [6, 6.07) is 8.32. The summed E-state index contributed by atoms with van der Waals surface area (Å²) >= 11 is 3.07. The molecule has 0 saturated heterocycles. The number of alkyl halides is 3. The molecule has 10 heteroatoms. The molecule has 4 N–H and O–H groups in total. The predicted molar refractivity (Wildman–Crippen MR) is 103 cm³/mol. The van der Waals surface area contributed by atoms with Gasteiger partial charge in [0, 0.05) is 10.0 Å². The summed E-state index contributed by atoms with van der Waals surface area (Å²) in [7, 11) is 1.14. The lowest BCUT2D eigenvalue weighted by atomic mass is 10.1. The van der Waals surface area contributed by atoms with Crippen LogP contribution in [0.5, 0.6) is 5.75 Å². The van der Waals surface area contributed by atoms with Crippen molar-refractivity contribution in [3.05, 3.63) is 57.6 Å². The Morgan fingerprint density at radius 2 is 2.00 bits per heavy atom. The van der Waals surface area contributed by atoms with Gasteiger partial charge in [-0.25, -0.2) is 4.79 Å². The molecule has 0 saturated carbocycles. The average molecular weight is 475 g/mol. The first-order valence-corrected chi connectivity index (χ1v) is 9.36. The van der Waals surface area contributed by atoms with Crippen LogP contribution in [0.25, 0.3) is 0 Å². The maximum Gasteiger partial charge on any atom is 0.418 e. The number of hydrogen-bond donors (Lipinski definition) is 4. The minimum atomic E-state index is -4.91. The molecule has 0 radical (unpaired) electrons. The summed E-state index contributed by atoms with van der Waals surface area (Å²) in [5.74, 6) is -0.316. The van der Waals surface area contributed by atoms with Crippen molar-refractivity contribution in [3.63, 3.8) is 0 Å². The Kier molecular flexibility index (Phi) is 6.06. The van der Waals surface area contributed by atoms with Gasteiger partial charge in [0.25, 0.3) is 0 Å². The zero-order valence-electron chi connectivity index (χ0n) is 15.1. The van der Waals surface area contributed by atoms with E-state index in [0.29, 0.717) is 12.0 Å². The molecule has 0 aliphatic heterocycles. The fourth-order valence-corrected chi connectivity index (χ4v) is 3.82. The molecule has 2 amide bonds. The van der Waals surface area contributed by atoms with Crippen LogP contribution in [0.15, 0.2) is 40.9 Å². The first kappa shape index (κ1) is 21.4. The SMILES string of the molecule is COc1c(NC(=O)N[C@@H]2Cc3ccccc3[C@H]2O)cc(Br)cc1C(O)C(F)(F)F. The average Bonchev–Trinajstić information content (AvgIpc) is 2.95. The van der Waals surface area contributed by atoms with E-state index in [-0.39, 0.29) is 15.9 Å². The number of methoxy groups -OCH3 is 1. The zero-order chi connectivity index (χ0) is 21.3. The fraction of sp³-hybridized carbons (Fsp3) is 0.316. The van der Waals surface area contributed by atoms with Gasteiger partial charge in [-0.1, -0.05) is 40.2 Å². The minimum Gasteiger partial charge on any atom is -0.494 e. The highest BCUT2D eigenvalue weighted by Gasteiger charge is 2.41. The molecule has 0 fully saturated rings. The first-order valence-electron chi connectivity index (χ1n) is 8.57. The van der Waals surface area contributed by atoms with Crippen molar-refractivity contribution in [2.45, 2.75) is 30.8 Å². The van der Waals surface area contributed by atoms with E-state index in [1.54, 1.807) is 12.1 Å². The quantitative estimate of drug-likeness (QED) is 0.541. The third kappa shape index (κ3) is 4.49. The molecule has 0 bridgehead atoms. The standard InChI is InChI=1S/C19H18BrF3N2O4/c1-29-16-12(17(27)19(21,22)23)7-10(20)8-14(16)25-18(28)24-13-6-9-4-2-3-5-11(9)15(13)26/h2-5,7-8,13,15,17,26-27H,6H2,1H3,(H2,24,25,28)/t13-,15-,17?/m1/s1. The van der Waals surface area contributed by atoms with Gasteiger partial charge in [-0.3, -0.25) is 0 Å². The highest BCUT2D eigenvalue weighted by molar-refractivity contribution is 9.10. The second-order valence-electron chi connectivity index (χ2n) is 6.57. The molecule has 0 heterocycles. The van der Waals surface area contributed by atoms with Gasteiger partial charge in [-0.15, -0.1) is 0 Å². The Morgan fingerprint density at radius 1 is 1.31 bits per heavy atom. The third-order valence-corrected chi connectivity index (χ3v) is 5.11. The summed E-state index contributed by atoms with van der Waals surface area (Å²) in [5, 5.41) is 25.1. The van der Waals surface area contributed by atoms with Crippen molar-refractivity contribution in [1.82, 2.24) is 5.32 Å². The van der Waals surface area contributed by atoms with Crippen LogP contribution in [0.2, 0.25) is 0 Å². The van der Waals surface area contributed by atoms with Crippen LogP contribution in [0, 0.1) is 0 Å². The number of carbonyl (C=O) groups excluding carboxylic acids is 1. The number of hydrogen-bond acceptors (Lipinski definition) is 4. The van der Waals surface area contributed by atoms with Gasteiger partial charge in [-0.05, 0) is 29.7 Å². The molecule has 2 aromatic rings. The number of anilines is 1. The van der Waals surface area contributed by atoms with Crippen molar-refractivity contribution in [1.29, 1.82) is 0 Å². The van der Waals surface area contributed by atoms with E-state index < -0.39 is 36.0 Å². The zero-order valence-corrected chi connectivity index (χ0v) is 16.7. The predicted octanol–water partition coefficient (Wildman–Crippen LogP) is 3.83. The van der Waals surface area contributed by atoms with E-state index in [0.717, 1.165) is 18.7 Å². The Morgan fingerprint density at radius 3 is 2.62 bits per heavy atom. The Hall–Kier alpha value is -2.30. The van der Waals surface area contributed by atoms with E-state index in [4.69, 9.17) is 4.74 Å². The third-order valence-electron chi connectivity index (χ3n) is 4.65. The molecular weight excluding hydrogens is 457 g/mol. The normalized spacial score (nSPS) is 19.4. The van der Waals surface area contributed by atoms with Gasteiger partial charge in [-0.2, -0.15) is 13.2 Å². The summed E-state index contributed by atoms with van der Waals surface area (Å²) < 4.78 is 44.1. The molecule has 3 atom stereocenters. The molecule has 2 aromatic carbocycles. The fourth-order valence-electron chi connectivity index (χ4n) is 3.35. The Bertz CT molecular complexity index is 923. The number of amides is 2. The lowest BCUT2D eigenvalue weighted by molar-refractivity contribution is -0.207. The van der Waals surface area contributed by atoms with E-state index in [2.05, 4.69) is 26.6 Å². The van der Waals surface area contributed by atoms with E-state index in [1.807, 2.05) is 12.1 Å². The number of aliphatic hydroxyl groups excluding tert-OH is 2. The Labute approximate surface area is 172 Å². The summed E-state index contributed by atoms with van der Waals surface area (Å²) in [5.41, 5.74) is 1.01. The molecule has 1 unspecified atom stereocenters. The van der Waals surface area contributed by atoms with Gasteiger partial charge in [0.2, 0.25) is 0 Å². The number of halogens is 4. The van der Waals surface area contributed by atoms with Crippen molar-refractivity contribution in [3.8, 4) is 5.75 Å². The van der Waals surface area contributed by atoms with Crippen LogP contribution in [0.1, 0.15) is 28.9 Å². The van der Waals surface area contributed by atoms with E-state index in [1.165, 1.54) is 6.07 Å². The molecule has 3 rings (SSSR count). The molecule has 1 aliphatic rings. The van der Waals surface area contributed by atoms with Crippen LogP contribution < -0.4 is 15.4 Å².